The number of ether oxygens (including phenoxy) is 2. The van der Waals surface area contributed by atoms with E-state index >= 15 is 0 Å². The van der Waals surface area contributed by atoms with E-state index in [1.54, 1.807) is 42.6 Å². The number of hydrogen-bond acceptors (Lipinski definition) is 7. The van der Waals surface area contributed by atoms with Gasteiger partial charge in [-0.05, 0) is 35.9 Å². The number of rotatable bonds is 6. The lowest BCUT2D eigenvalue weighted by atomic mass is 10.1. The van der Waals surface area contributed by atoms with Crippen LogP contribution < -0.4 is 14.8 Å². The number of benzene rings is 2. The normalized spacial score (nSPS) is 11.8. The van der Waals surface area contributed by atoms with Crippen molar-refractivity contribution in [2.45, 2.75) is 0 Å². The number of phenolic OH excluding ortho intramolecular Hbond substituents is 1. The van der Waals surface area contributed by atoms with E-state index < -0.39 is 12.6 Å². The first-order valence-electron chi connectivity index (χ1n) is 9.35. The highest BCUT2D eigenvalue weighted by Crippen LogP contribution is 2.35. The molecule has 0 unspecified atom stereocenters. The van der Waals surface area contributed by atoms with Crippen LogP contribution in [-0.2, 0) is 4.74 Å². The molecule has 7 nitrogen and oxygen atoms in total. The minimum atomic E-state index is -0.737. The van der Waals surface area contributed by atoms with Gasteiger partial charge in [0, 0.05) is 11.8 Å². The van der Waals surface area contributed by atoms with Gasteiger partial charge >= 0.3 is 5.97 Å². The molecule has 0 atom stereocenters. The first-order chi connectivity index (χ1) is 15.4. The molecule has 32 heavy (non-hydrogen) atoms. The highest BCUT2D eigenvalue weighted by molar-refractivity contribution is 7.15. The number of phenols is 1. The Balaban J connectivity index is 1.65. The lowest BCUT2D eigenvalue weighted by molar-refractivity contribution is 0.0481. The average Bonchev–Trinajstić information content (AvgIpc) is 3.34. The number of alkyl halides is 1. The van der Waals surface area contributed by atoms with Crippen molar-refractivity contribution >= 4 is 39.9 Å². The van der Waals surface area contributed by atoms with Crippen LogP contribution in [0, 0.1) is 0 Å². The molecule has 1 N–H and O–H groups in total. The molecule has 2 heterocycles. The number of thiazole rings is 1. The molecule has 0 aliphatic heterocycles. The smallest absolute Gasteiger partial charge is 0.338 e. The summed E-state index contributed by atoms with van der Waals surface area (Å²) >= 11 is 7.22. The number of aromatic hydroxyl groups is 1. The maximum atomic E-state index is 12.8. The zero-order chi connectivity index (χ0) is 22.8. The van der Waals surface area contributed by atoms with Crippen LogP contribution in [0.3, 0.4) is 0 Å². The van der Waals surface area contributed by atoms with Crippen molar-refractivity contribution in [2.24, 2.45) is 0 Å². The Hall–Kier alpha value is -3.43. The molecule has 0 aliphatic carbocycles. The van der Waals surface area contributed by atoms with Crippen molar-refractivity contribution < 1.29 is 23.8 Å². The molecule has 0 saturated carbocycles. The first kappa shape index (κ1) is 21.8. The topological polar surface area (TPSA) is 90.1 Å². The molecule has 10 heteroatoms. The highest BCUT2D eigenvalue weighted by atomic mass is 35.5. The van der Waals surface area contributed by atoms with E-state index in [4.69, 9.17) is 21.1 Å². The zero-order valence-electron chi connectivity index (χ0n) is 16.7. The maximum Gasteiger partial charge on any atom is 0.338 e. The molecule has 2 aromatic carbocycles. The molecular weight excluding hydrogens is 459 g/mol. The van der Waals surface area contributed by atoms with E-state index in [0.717, 1.165) is 0 Å². The lowest BCUT2D eigenvalue weighted by Gasteiger charge is -2.05. The van der Waals surface area contributed by atoms with Crippen molar-refractivity contribution in [1.82, 2.24) is 9.38 Å². The monoisotopic (exact) mass is 474 g/mol. The van der Waals surface area contributed by atoms with Crippen LogP contribution >= 0.6 is 22.9 Å². The van der Waals surface area contributed by atoms with E-state index in [0.29, 0.717) is 31.9 Å². The summed E-state index contributed by atoms with van der Waals surface area (Å²) in [4.78, 5) is 29.6. The molecule has 0 spiro atoms. The van der Waals surface area contributed by atoms with Gasteiger partial charge < -0.3 is 14.6 Å². The number of carbonyl (C=O) groups excluding carboxylic acids is 1. The fraction of sp³-hybridized carbons (Fsp3) is 0.136. The van der Waals surface area contributed by atoms with Gasteiger partial charge in [-0.15, -0.1) is 0 Å². The zero-order valence-corrected chi connectivity index (χ0v) is 18.2. The van der Waals surface area contributed by atoms with Crippen molar-refractivity contribution in [3.63, 3.8) is 0 Å². The van der Waals surface area contributed by atoms with Gasteiger partial charge in [0.15, 0.2) is 16.5 Å². The fourth-order valence-electron chi connectivity index (χ4n) is 3.05. The average molecular weight is 475 g/mol. The van der Waals surface area contributed by atoms with E-state index in [2.05, 4.69) is 4.98 Å². The third-order valence-corrected chi connectivity index (χ3v) is 5.87. The SMILES string of the molecule is COc1cc(C=c2sc3nc(-c4ccc(C(=O)OCCF)cc4)cn3c2=O)cc(Cl)c1O. The number of imidazole rings is 1. The van der Waals surface area contributed by atoms with Gasteiger partial charge in [0.05, 0.1) is 27.9 Å². The van der Waals surface area contributed by atoms with Crippen LogP contribution in [0.4, 0.5) is 4.39 Å². The van der Waals surface area contributed by atoms with Crippen LogP contribution in [0.25, 0.3) is 22.3 Å². The second-order valence-corrected chi connectivity index (χ2v) is 8.07. The Bertz CT molecular complexity index is 1420. The van der Waals surface area contributed by atoms with Crippen LogP contribution in [0.5, 0.6) is 11.5 Å². The number of nitrogens with zero attached hydrogens (tertiary/aromatic N) is 2. The van der Waals surface area contributed by atoms with E-state index in [1.807, 2.05) is 0 Å². The predicted octanol–water partition coefficient (Wildman–Crippen LogP) is 3.46. The summed E-state index contributed by atoms with van der Waals surface area (Å²) in [7, 11) is 1.41. The molecule has 0 bridgehead atoms. The standard InChI is InChI=1S/C22H16ClFN2O5S/c1-30-17-9-12(8-15(23)19(17)27)10-18-20(28)26-11-16(25-22(26)32-18)13-2-4-14(5-3-13)21(29)31-7-6-24/h2-5,8-11,27H,6-7H2,1H3. The summed E-state index contributed by atoms with van der Waals surface area (Å²) in [6.07, 6.45) is 3.26. The van der Waals surface area contributed by atoms with Gasteiger partial charge in [-0.1, -0.05) is 35.1 Å². The molecule has 2 aromatic heterocycles. The Kier molecular flexibility index (Phi) is 6.11. The fourth-order valence-corrected chi connectivity index (χ4v) is 4.22. The van der Waals surface area contributed by atoms with Crippen molar-refractivity contribution in [1.29, 1.82) is 0 Å². The first-order valence-corrected chi connectivity index (χ1v) is 10.5. The summed E-state index contributed by atoms with van der Waals surface area (Å²) in [6, 6.07) is 9.59. The molecule has 0 aliphatic rings. The quantitative estimate of drug-likeness (QED) is 0.430. The number of carbonyl (C=O) groups is 1. The highest BCUT2D eigenvalue weighted by Gasteiger charge is 2.13. The minimum Gasteiger partial charge on any atom is -0.503 e. The Morgan fingerprint density at radius 3 is 2.72 bits per heavy atom. The van der Waals surface area contributed by atoms with Crippen molar-refractivity contribution in [2.75, 3.05) is 20.4 Å². The predicted molar refractivity (Wildman–Crippen MR) is 119 cm³/mol. The van der Waals surface area contributed by atoms with Gasteiger partial charge in [-0.25, -0.2) is 14.2 Å². The third-order valence-electron chi connectivity index (χ3n) is 4.60. The third kappa shape index (κ3) is 4.17. The summed E-state index contributed by atoms with van der Waals surface area (Å²) in [5.74, 6) is -0.564. The van der Waals surface area contributed by atoms with Crippen LogP contribution in [-0.4, -0.2) is 40.9 Å². The number of fused-ring (bicyclic) bond motifs is 1. The second-order valence-electron chi connectivity index (χ2n) is 6.65. The summed E-state index contributed by atoms with van der Waals surface area (Å²) < 4.78 is 23.9. The maximum absolute atomic E-state index is 12.8. The van der Waals surface area contributed by atoms with Gasteiger partial charge in [0.1, 0.15) is 13.3 Å². The second kappa shape index (κ2) is 8.97. The van der Waals surface area contributed by atoms with E-state index in [9.17, 15) is 19.1 Å². The molecule has 0 radical (unpaired) electrons. The Labute approximate surface area is 189 Å². The van der Waals surface area contributed by atoms with Gasteiger partial charge in [0.2, 0.25) is 0 Å². The van der Waals surface area contributed by atoms with Crippen molar-refractivity contribution in [3.05, 3.63) is 73.6 Å². The van der Waals surface area contributed by atoms with Crippen LogP contribution in [0.15, 0.2) is 47.4 Å². The van der Waals surface area contributed by atoms with Gasteiger partial charge in [0.25, 0.3) is 5.56 Å². The number of esters is 1. The van der Waals surface area contributed by atoms with Gasteiger partial charge in [-0.3, -0.25) is 9.20 Å². The molecule has 4 rings (SSSR count). The Morgan fingerprint density at radius 2 is 2.06 bits per heavy atom. The number of methoxy groups -OCH3 is 1. The molecule has 4 aromatic rings. The van der Waals surface area contributed by atoms with Crippen molar-refractivity contribution in [3.8, 4) is 22.8 Å². The minimum absolute atomic E-state index is 0.115. The number of hydrogen-bond donors (Lipinski definition) is 1. The molecule has 164 valence electrons. The summed E-state index contributed by atoms with van der Waals surface area (Å²) in [6.45, 7) is -1.02. The largest absolute Gasteiger partial charge is 0.503 e. The number of halogens is 2. The molecule has 0 amide bonds. The Morgan fingerprint density at radius 1 is 1.31 bits per heavy atom. The van der Waals surface area contributed by atoms with E-state index in [1.165, 1.54) is 28.9 Å². The molecule has 0 fully saturated rings. The van der Waals surface area contributed by atoms with E-state index in [-0.39, 0.29) is 28.7 Å². The molecule has 0 saturated heterocycles. The summed E-state index contributed by atoms with van der Waals surface area (Å²) in [5, 5.41) is 9.98. The van der Waals surface area contributed by atoms with Gasteiger partial charge in [-0.2, -0.15) is 0 Å². The lowest BCUT2D eigenvalue weighted by Crippen LogP contribution is -2.22. The van der Waals surface area contributed by atoms with Crippen LogP contribution in [0.1, 0.15) is 15.9 Å². The van der Waals surface area contributed by atoms with Crippen LogP contribution in [0.2, 0.25) is 5.02 Å². The molecular formula is C22H16ClFN2O5S. The number of aromatic nitrogens is 2. The summed E-state index contributed by atoms with van der Waals surface area (Å²) in [5.41, 5.74) is 1.92.